The summed E-state index contributed by atoms with van der Waals surface area (Å²) in [5.41, 5.74) is 0.360. The van der Waals surface area contributed by atoms with E-state index in [1.165, 1.54) is 12.8 Å². The third-order valence-corrected chi connectivity index (χ3v) is 4.31. The van der Waals surface area contributed by atoms with Crippen molar-refractivity contribution in [3.63, 3.8) is 0 Å². The van der Waals surface area contributed by atoms with Gasteiger partial charge in [-0.1, -0.05) is 19.1 Å². The second kappa shape index (κ2) is 5.74. The monoisotopic (exact) mass is 261 g/mol. The zero-order valence-corrected chi connectivity index (χ0v) is 12.1. The van der Waals surface area contributed by atoms with Crippen molar-refractivity contribution in [2.75, 3.05) is 20.2 Å². The van der Waals surface area contributed by atoms with Crippen LogP contribution in [0.1, 0.15) is 43.5 Å². The van der Waals surface area contributed by atoms with E-state index in [4.69, 9.17) is 4.74 Å². The number of ether oxygens (including phenoxy) is 1. The fourth-order valence-electron chi connectivity index (χ4n) is 2.81. The minimum absolute atomic E-state index is 0.204. The second-order valence-corrected chi connectivity index (χ2v) is 5.38. The largest absolute Gasteiger partial charge is 0.497 e. The molecule has 0 aromatic heterocycles. The van der Waals surface area contributed by atoms with Gasteiger partial charge in [0.2, 0.25) is 0 Å². The average molecular weight is 261 g/mol. The summed E-state index contributed by atoms with van der Waals surface area (Å²) < 4.78 is 5.21. The lowest BCUT2D eigenvalue weighted by Crippen LogP contribution is -2.50. The molecule has 1 aliphatic heterocycles. The molecule has 1 unspecified atom stereocenters. The molecule has 0 radical (unpaired) electrons. The van der Waals surface area contributed by atoms with E-state index in [-0.39, 0.29) is 11.3 Å². The lowest BCUT2D eigenvalue weighted by Gasteiger charge is -2.36. The summed E-state index contributed by atoms with van der Waals surface area (Å²) in [6.45, 7) is 6.22. The molecule has 19 heavy (non-hydrogen) atoms. The fourth-order valence-corrected chi connectivity index (χ4v) is 2.81. The van der Waals surface area contributed by atoms with Crippen molar-refractivity contribution < 1.29 is 9.53 Å². The van der Waals surface area contributed by atoms with Crippen LogP contribution in [0.4, 0.5) is 0 Å². The maximum absolute atomic E-state index is 12.9. The quantitative estimate of drug-likeness (QED) is 0.763. The van der Waals surface area contributed by atoms with Crippen LogP contribution in [0.5, 0.6) is 5.75 Å². The third-order valence-electron chi connectivity index (χ3n) is 4.31. The number of carbonyl (C=O) groups is 1. The summed E-state index contributed by atoms with van der Waals surface area (Å²) in [6, 6.07) is 7.48. The minimum Gasteiger partial charge on any atom is -0.497 e. The predicted molar refractivity (Wildman–Crippen MR) is 76.8 cm³/mol. The van der Waals surface area contributed by atoms with Crippen molar-refractivity contribution in [3.05, 3.63) is 29.8 Å². The van der Waals surface area contributed by atoms with E-state index in [2.05, 4.69) is 18.7 Å². The number of methoxy groups -OCH3 is 1. The number of carbonyl (C=O) groups excluding carboxylic acids is 1. The van der Waals surface area contributed by atoms with Crippen molar-refractivity contribution in [1.82, 2.24) is 4.90 Å². The second-order valence-electron chi connectivity index (χ2n) is 5.38. The molecular weight excluding hydrogens is 238 g/mol. The van der Waals surface area contributed by atoms with Crippen LogP contribution in [0.25, 0.3) is 0 Å². The van der Waals surface area contributed by atoms with E-state index in [1.807, 2.05) is 24.3 Å². The van der Waals surface area contributed by atoms with Gasteiger partial charge in [0.15, 0.2) is 5.78 Å². The van der Waals surface area contributed by atoms with Gasteiger partial charge in [0.25, 0.3) is 0 Å². The maximum atomic E-state index is 12.9. The Labute approximate surface area is 115 Å². The van der Waals surface area contributed by atoms with Gasteiger partial charge in [-0.2, -0.15) is 0 Å². The molecule has 0 saturated carbocycles. The highest BCUT2D eigenvalue weighted by Crippen LogP contribution is 2.29. The number of nitrogens with zero attached hydrogens (tertiary/aromatic N) is 1. The van der Waals surface area contributed by atoms with Crippen molar-refractivity contribution in [2.45, 2.75) is 38.6 Å². The van der Waals surface area contributed by atoms with Gasteiger partial charge in [-0.05, 0) is 51.4 Å². The molecule has 1 atom stereocenters. The highest BCUT2D eigenvalue weighted by molar-refractivity contribution is 6.03. The van der Waals surface area contributed by atoms with Crippen LogP contribution < -0.4 is 4.74 Å². The van der Waals surface area contributed by atoms with E-state index in [9.17, 15) is 4.79 Å². The summed E-state index contributed by atoms with van der Waals surface area (Å²) in [4.78, 5) is 15.2. The Hall–Kier alpha value is -1.35. The number of hydrogen-bond donors (Lipinski definition) is 0. The van der Waals surface area contributed by atoms with Gasteiger partial charge in [0.1, 0.15) is 5.75 Å². The molecule has 3 nitrogen and oxygen atoms in total. The molecule has 1 fully saturated rings. The van der Waals surface area contributed by atoms with Gasteiger partial charge in [-0.15, -0.1) is 0 Å². The molecule has 0 amide bonds. The molecular formula is C16H23NO2. The van der Waals surface area contributed by atoms with Gasteiger partial charge < -0.3 is 4.74 Å². The van der Waals surface area contributed by atoms with Crippen molar-refractivity contribution >= 4 is 5.78 Å². The smallest absolute Gasteiger partial charge is 0.182 e. The van der Waals surface area contributed by atoms with E-state index < -0.39 is 0 Å². The van der Waals surface area contributed by atoms with E-state index >= 15 is 0 Å². The molecule has 0 N–H and O–H groups in total. The van der Waals surface area contributed by atoms with Crippen LogP contribution in [0.2, 0.25) is 0 Å². The summed E-state index contributed by atoms with van der Waals surface area (Å²) in [5, 5.41) is 0. The van der Waals surface area contributed by atoms with Gasteiger partial charge in [0.05, 0.1) is 12.6 Å². The van der Waals surface area contributed by atoms with Crippen molar-refractivity contribution in [3.8, 4) is 5.75 Å². The first-order chi connectivity index (χ1) is 9.11. The Kier molecular flexibility index (Phi) is 4.25. The van der Waals surface area contributed by atoms with E-state index in [1.54, 1.807) is 7.11 Å². The molecule has 104 valence electrons. The number of Topliss-reactive ketones (excluding diaryl/α,β-unsaturated/α-hetero) is 1. The van der Waals surface area contributed by atoms with Gasteiger partial charge >= 0.3 is 0 Å². The molecule has 1 aromatic carbocycles. The lowest BCUT2D eigenvalue weighted by atomic mass is 9.87. The molecule has 1 aliphatic rings. The highest BCUT2D eigenvalue weighted by atomic mass is 16.5. The van der Waals surface area contributed by atoms with Crippen LogP contribution in [0.15, 0.2) is 24.3 Å². The predicted octanol–water partition coefficient (Wildman–Crippen LogP) is 3.14. The first-order valence-corrected chi connectivity index (χ1v) is 7.05. The molecule has 0 spiro atoms. The number of rotatable bonds is 5. The topological polar surface area (TPSA) is 29.5 Å². The lowest BCUT2D eigenvalue weighted by molar-refractivity contribution is 0.0647. The van der Waals surface area contributed by atoms with E-state index in [0.29, 0.717) is 0 Å². The Balaban J connectivity index is 2.28. The normalized spacial score (nSPS) is 19.1. The van der Waals surface area contributed by atoms with Crippen molar-refractivity contribution in [2.24, 2.45) is 0 Å². The highest BCUT2D eigenvalue weighted by Gasteiger charge is 2.39. The number of ketones is 1. The minimum atomic E-state index is -0.386. The van der Waals surface area contributed by atoms with Crippen LogP contribution in [0.3, 0.4) is 0 Å². The number of likely N-dealkylation sites (tertiary alicyclic amines) is 1. The Morgan fingerprint density at radius 1 is 1.37 bits per heavy atom. The summed E-state index contributed by atoms with van der Waals surface area (Å²) in [6.07, 6.45) is 3.23. The Morgan fingerprint density at radius 3 is 2.63 bits per heavy atom. The first kappa shape index (κ1) is 14.1. The summed E-state index contributed by atoms with van der Waals surface area (Å²) in [7, 11) is 1.63. The molecule has 2 rings (SSSR count). The SMILES string of the molecule is CCC(C)(C(=O)c1cccc(OC)c1)N1CCCC1. The third kappa shape index (κ3) is 2.66. The van der Waals surface area contributed by atoms with Crippen LogP contribution in [-0.2, 0) is 0 Å². The molecule has 0 aliphatic carbocycles. The van der Waals surface area contributed by atoms with Crippen LogP contribution in [0, 0.1) is 0 Å². The molecule has 1 heterocycles. The molecule has 1 saturated heterocycles. The van der Waals surface area contributed by atoms with Gasteiger partial charge in [0, 0.05) is 5.56 Å². The number of hydrogen-bond acceptors (Lipinski definition) is 3. The van der Waals surface area contributed by atoms with Crippen LogP contribution in [-0.4, -0.2) is 36.4 Å². The van der Waals surface area contributed by atoms with Crippen LogP contribution >= 0.6 is 0 Å². The van der Waals surface area contributed by atoms with Gasteiger partial charge in [-0.3, -0.25) is 9.69 Å². The zero-order valence-electron chi connectivity index (χ0n) is 12.1. The summed E-state index contributed by atoms with van der Waals surface area (Å²) >= 11 is 0. The zero-order chi connectivity index (χ0) is 13.9. The standard InChI is InChI=1S/C16H23NO2/c1-4-16(2,17-10-5-6-11-17)15(18)13-8-7-9-14(12-13)19-3/h7-9,12H,4-6,10-11H2,1-3H3. The van der Waals surface area contributed by atoms with Crippen molar-refractivity contribution in [1.29, 1.82) is 0 Å². The average Bonchev–Trinajstić information content (AvgIpc) is 3.00. The first-order valence-electron chi connectivity index (χ1n) is 7.05. The molecule has 1 aromatic rings. The molecule has 0 bridgehead atoms. The van der Waals surface area contributed by atoms with E-state index in [0.717, 1.165) is 30.8 Å². The molecule has 3 heteroatoms. The van der Waals surface area contributed by atoms with Gasteiger partial charge in [-0.25, -0.2) is 0 Å². The Morgan fingerprint density at radius 2 is 2.05 bits per heavy atom. The fraction of sp³-hybridized carbons (Fsp3) is 0.562. The summed E-state index contributed by atoms with van der Waals surface area (Å²) in [5.74, 6) is 0.946. The maximum Gasteiger partial charge on any atom is 0.182 e. The number of benzene rings is 1. The Bertz CT molecular complexity index is 452.